The van der Waals surface area contributed by atoms with Gasteiger partial charge in [0.25, 0.3) is 5.91 Å². The van der Waals surface area contributed by atoms with E-state index in [4.69, 9.17) is 4.74 Å². The van der Waals surface area contributed by atoms with Gasteiger partial charge in [0.2, 0.25) is 0 Å². The summed E-state index contributed by atoms with van der Waals surface area (Å²) in [7, 11) is 3.44. The molecule has 1 aromatic carbocycles. The number of amides is 1. The number of hydrogen-bond acceptors (Lipinski definition) is 3. The van der Waals surface area contributed by atoms with Crippen LogP contribution < -0.4 is 4.74 Å². The molecule has 0 saturated carbocycles. The summed E-state index contributed by atoms with van der Waals surface area (Å²) in [5.74, 6) is 0.732. The summed E-state index contributed by atoms with van der Waals surface area (Å²) in [5.41, 5.74) is 2.20. The van der Waals surface area contributed by atoms with E-state index in [0.717, 1.165) is 30.7 Å². The first kappa shape index (κ1) is 16.3. The molecule has 1 atom stereocenters. The number of ether oxygens (including phenoxy) is 1. The van der Waals surface area contributed by atoms with Gasteiger partial charge in [-0.1, -0.05) is 12.1 Å². The molecule has 3 rings (SSSR count). The van der Waals surface area contributed by atoms with Gasteiger partial charge in [0, 0.05) is 25.4 Å². The molecule has 5 nitrogen and oxygen atoms in total. The molecule has 0 spiro atoms. The third kappa shape index (κ3) is 2.94. The first-order valence-electron chi connectivity index (χ1n) is 8.13. The van der Waals surface area contributed by atoms with Crippen molar-refractivity contribution in [1.82, 2.24) is 9.47 Å². The average Bonchev–Trinajstić information content (AvgIpc) is 3.21. The van der Waals surface area contributed by atoms with Gasteiger partial charge in [-0.25, -0.2) is 0 Å². The van der Waals surface area contributed by atoms with Crippen molar-refractivity contribution in [3.63, 3.8) is 0 Å². The molecular formula is C19H22N2O3. The highest BCUT2D eigenvalue weighted by molar-refractivity contribution is 5.99. The fraction of sp³-hybridized carbons (Fsp3) is 0.368. The van der Waals surface area contributed by atoms with Crippen molar-refractivity contribution in [2.45, 2.75) is 25.8 Å². The summed E-state index contributed by atoms with van der Waals surface area (Å²) in [5, 5.41) is 0. The van der Waals surface area contributed by atoms with Gasteiger partial charge in [0.15, 0.2) is 5.78 Å². The van der Waals surface area contributed by atoms with Crippen LogP contribution in [0.5, 0.6) is 5.75 Å². The van der Waals surface area contributed by atoms with E-state index < -0.39 is 0 Å². The number of aryl methyl sites for hydroxylation is 1. The van der Waals surface area contributed by atoms with Crippen molar-refractivity contribution in [1.29, 1.82) is 0 Å². The zero-order valence-corrected chi connectivity index (χ0v) is 14.3. The van der Waals surface area contributed by atoms with Crippen LogP contribution in [0, 0.1) is 0 Å². The lowest BCUT2D eigenvalue weighted by atomic mass is 10.0. The predicted molar refractivity (Wildman–Crippen MR) is 91.4 cm³/mol. The molecule has 24 heavy (non-hydrogen) atoms. The number of carbonyl (C=O) groups is 2. The topological polar surface area (TPSA) is 51.5 Å². The van der Waals surface area contributed by atoms with E-state index in [2.05, 4.69) is 0 Å². The zero-order valence-electron chi connectivity index (χ0n) is 14.3. The minimum absolute atomic E-state index is 0.0320. The van der Waals surface area contributed by atoms with Crippen LogP contribution in [-0.2, 0) is 7.05 Å². The maximum atomic E-state index is 13.0. The molecule has 0 N–H and O–H groups in total. The van der Waals surface area contributed by atoms with Crippen LogP contribution in [0.3, 0.4) is 0 Å². The van der Waals surface area contributed by atoms with E-state index in [9.17, 15) is 9.59 Å². The van der Waals surface area contributed by atoms with Crippen LogP contribution in [0.2, 0.25) is 0 Å². The number of methoxy groups -OCH3 is 1. The van der Waals surface area contributed by atoms with Crippen molar-refractivity contribution < 1.29 is 14.3 Å². The van der Waals surface area contributed by atoms with Gasteiger partial charge in [0.05, 0.1) is 13.2 Å². The molecule has 1 unspecified atom stereocenters. The minimum atomic E-state index is -0.0321. The molecule has 1 saturated heterocycles. The van der Waals surface area contributed by atoms with Gasteiger partial charge >= 0.3 is 0 Å². The third-order valence-corrected chi connectivity index (χ3v) is 4.62. The SMILES string of the molecule is COc1cccc(C2CCCN2C(=O)c2cc(C(C)=O)cn2C)c1. The number of benzene rings is 1. The highest BCUT2D eigenvalue weighted by Gasteiger charge is 2.32. The summed E-state index contributed by atoms with van der Waals surface area (Å²) in [6, 6.07) is 9.61. The Balaban J connectivity index is 1.90. The number of aromatic nitrogens is 1. The second-order valence-corrected chi connectivity index (χ2v) is 6.21. The lowest BCUT2D eigenvalue weighted by molar-refractivity contribution is 0.0725. The molecule has 2 heterocycles. The fourth-order valence-electron chi connectivity index (χ4n) is 3.32. The summed E-state index contributed by atoms with van der Waals surface area (Å²) in [6.07, 6.45) is 3.62. The van der Waals surface area contributed by atoms with E-state index in [1.807, 2.05) is 29.2 Å². The monoisotopic (exact) mass is 326 g/mol. The first-order chi connectivity index (χ1) is 11.5. The Kier molecular flexibility index (Phi) is 4.42. The number of rotatable bonds is 4. The number of nitrogens with zero attached hydrogens (tertiary/aromatic N) is 2. The third-order valence-electron chi connectivity index (χ3n) is 4.62. The van der Waals surface area contributed by atoms with Crippen LogP contribution in [0.15, 0.2) is 36.5 Å². The van der Waals surface area contributed by atoms with Crippen molar-refractivity contribution in [2.24, 2.45) is 7.05 Å². The summed E-state index contributed by atoms with van der Waals surface area (Å²) >= 11 is 0. The van der Waals surface area contributed by atoms with Crippen LogP contribution in [0.1, 0.15) is 52.2 Å². The lowest BCUT2D eigenvalue weighted by Crippen LogP contribution is -2.31. The molecule has 1 aliphatic heterocycles. The number of ketones is 1. The predicted octanol–water partition coefficient (Wildman–Crippen LogP) is 3.21. The van der Waals surface area contributed by atoms with Gasteiger partial charge in [-0.2, -0.15) is 0 Å². The van der Waals surface area contributed by atoms with E-state index >= 15 is 0 Å². The Bertz CT molecular complexity index is 779. The molecule has 126 valence electrons. The number of likely N-dealkylation sites (tertiary alicyclic amines) is 1. The molecule has 1 amide bonds. The quantitative estimate of drug-likeness (QED) is 0.811. The molecule has 5 heteroatoms. The van der Waals surface area contributed by atoms with Gasteiger partial charge in [-0.3, -0.25) is 9.59 Å². The van der Waals surface area contributed by atoms with E-state index in [1.165, 1.54) is 6.92 Å². The van der Waals surface area contributed by atoms with E-state index in [1.54, 1.807) is 31.0 Å². The number of carbonyl (C=O) groups excluding carboxylic acids is 2. The number of Topliss-reactive ketones (excluding diaryl/α,β-unsaturated/α-hetero) is 1. The Morgan fingerprint density at radius 3 is 2.71 bits per heavy atom. The maximum absolute atomic E-state index is 13.0. The van der Waals surface area contributed by atoms with Gasteiger partial charge in [0.1, 0.15) is 11.4 Å². The molecule has 0 aliphatic carbocycles. The Morgan fingerprint density at radius 1 is 1.25 bits per heavy atom. The largest absolute Gasteiger partial charge is 0.497 e. The summed E-state index contributed by atoms with van der Waals surface area (Å²) in [6.45, 7) is 2.24. The maximum Gasteiger partial charge on any atom is 0.271 e. The zero-order chi connectivity index (χ0) is 17.3. The van der Waals surface area contributed by atoms with Crippen molar-refractivity contribution in [3.8, 4) is 5.75 Å². The standard InChI is InChI=1S/C19H22N2O3/c1-13(22)15-11-18(20(2)12-15)19(23)21-9-5-8-17(21)14-6-4-7-16(10-14)24-3/h4,6-7,10-12,17H,5,8-9H2,1-3H3. The van der Waals surface area contributed by atoms with Gasteiger partial charge in [-0.15, -0.1) is 0 Å². The van der Waals surface area contributed by atoms with Crippen molar-refractivity contribution >= 4 is 11.7 Å². The van der Waals surface area contributed by atoms with Crippen molar-refractivity contribution in [2.75, 3.05) is 13.7 Å². The Hall–Kier alpha value is -2.56. The summed E-state index contributed by atoms with van der Waals surface area (Å²) < 4.78 is 7.03. The van der Waals surface area contributed by atoms with Crippen LogP contribution >= 0.6 is 0 Å². The average molecular weight is 326 g/mol. The van der Waals surface area contributed by atoms with E-state index in [-0.39, 0.29) is 17.7 Å². The molecule has 2 aromatic rings. The highest BCUT2D eigenvalue weighted by Crippen LogP contribution is 2.34. The van der Waals surface area contributed by atoms with Gasteiger partial charge in [-0.05, 0) is 43.5 Å². The molecule has 0 bridgehead atoms. The number of hydrogen-bond donors (Lipinski definition) is 0. The van der Waals surface area contributed by atoms with Crippen LogP contribution in [0.4, 0.5) is 0 Å². The minimum Gasteiger partial charge on any atom is -0.497 e. The molecule has 1 aromatic heterocycles. The molecule has 0 radical (unpaired) electrons. The van der Waals surface area contributed by atoms with Crippen LogP contribution in [-0.4, -0.2) is 34.8 Å². The lowest BCUT2D eigenvalue weighted by Gasteiger charge is -2.25. The molecular weight excluding hydrogens is 304 g/mol. The second-order valence-electron chi connectivity index (χ2n) is 6.21. The smallest absolute Gasteiger partial charge is 0.271 e. The normalized spacial score (nSPS) is 17.1. The Labute approximate surface area is 141 Å². The first-order valence-corrected chi connectivity index (χ1v) is 8.13. The molecule has 1 aliphatic rings. The Morgan fingerprint density at radius 2 is 2.04 bits per heavy atom. The second kappa shape index (κ2) is 6.51. The van der Waals surface area contributed by atoms with Crippen LogP contribution in [0.25, 0.3) is 0 Å². The molecule has 1 fully saturated rings. The van der Waals surface area contributed by atoms with E-state index in [0.29, 0.717) is 11.3 Å². The van der Waals surface area contributed by atoms with Crippen molar-refractivity contribution in [3.05, 3.63) is 53.3 Å². The summed E-state index contributed by atoms with van der Waals surface area (Å²) in [4.78, 5) is 26.5. The van der Waals surface area contributed by atoms with Gasteiger partial charge < -0.3 is 14.2 Å². The fourth-order valence-corrected chi connectivity index (χ4v) is 3.32. The highest BCUT2D eigenvalue weighted by atomic mass is 16.5.